The molecule has 1 amide bonds. The number of carbonyl (C=O) groups excluding carboxylic acids is 1. The lowest BCUT2D eigenvalue weighted by molar-refractivity contribution is 0.102. The zero-order chi connectivity index (χ0) is 15.4. The Labute approximate surface area is 131 Å². The number of aryl methyl sites for hydroxylation is 1. The van der Waals surface area contributed by atoms with Crippen molar-refractivity contribution in [1.82, 2.24) is 9.97 Å². The van der Waals surface area contributed by atoms with E-state index in [-0.39, 0.29) is 11.3 Å². The molecule has 0 aliphatic carbocycles. The van der Waals surface area contributed by atoms with E-state index in [9.17, 15) is 9.59 Å². The van der Waals surface area contributed by atoms with Crippen LogP contribution >= 0.6 is 23.4 Å². The van der Waals surface area contributed by atoms with Crippen LogP contribution in [0.5, 0.6) is 0 Å². The summed E-state index contributed by atoms with van der Waals surface area (Å²) < 4.78 is 0. The third-order valence-corrected chi connectivity index (χ3v) is 3.55. The van der Waals surface area contributed by atoms with Gasteiger partial charge in [0.25, 0.3) is 11.5 Å². The monoisotopic (exact) mass is 323 g/mol. The minimum Gasteiger partial charge on any atom is -0.320 e. The topological polar surface area (TPSA) is 74.8 Å². The first kappa shape index (κ1) is 15.6. The highest BCUT2D eigenvalue weighted by Crippen LogP contribution is 2.20. The van der Waals surface area contributed by atoms with Crippen LogP contribution in [0.25, 0.3) is 0 Å². The summed E-state index contributed by atoms with van der Waals surface area (Å²) in [6, 6.07) is 6.39. The molecule has 0 aliphatic rings. The van der Waals surface area contributed by atoms with Crippen molar-refractivity contribution in [3.63, 3.8) is 0 Å². The van der Waals surface area contributed by atoms with E-state index in [1.54, 1.807) is 12.1 Å². The number of H-pyrrole nitrogens is 1. The maximum atomic E-state index is 12.2. The van der Waals surface area contributed by atoms with Crippen molar-refractivity contribution in [2.45, 2.75) is 12.7 Å². The Morgan fingerprint density at radius 2 is 2.19 bits per heavy atom. The minimum absolute atomic E-state index is 0.0853. The van der Waals surface area contributed by atoms with Gasteiger partial charge < -0.3 is 10.3 Å². The van der Waals surface area contributed by atoms with Gasteiger partial charge in [0, 0.05) is 16.8 Å². The summed E-state index contributed by atoms with van der Waals surface area (Å²) in [5.74, 6) is 0.573. The van der Waals surface area contributed by atoms with Gasteiger partial charge in [-0.3, -0.25) is 9.59 Å². The van der Waals surface area contributed by atoms with Gasteiger partial charge in [0.05, 0.1) is 5.75 Å². The lowest BCUT2D eigenvalue weighted by Gasteiger charge is -2.09. The Morgan fingerprint density at radius 3 is 2.90 bits per heavy atom. The lowest BCUT2D eigenvalue weighted by atomic mass is 10.2. The van der Waals surface area contributed by atoms with Crippen molar-refractivity contribution in [1.29, 1.82) is 0 Å². The first-order valence-corrected chi connectivity index (χ1v) is 7.93. The van der Waals surface area contributed by atoms with Gasteiger partial charge in [-0.1, -0.05) is 17.7 Å². The van der Waals surface area contributed by atoms with Crippen LogP contribution in [0.4, 0.5) is 5.69 Å². The second-order valence-electron chi connectivity index (χ2n) is 4.42. The number of halogens is 1. The maximum Gasteiger partial charge on any atom is 0.274 e. The molecular weight excluding hydrogens is 310 g/mol. The number of nitrogens with one attached hydrogen (secondary N) is 2. The number of benzene rings is 1. The van der Waals surface area contributed by atoms with Crippen molar-refractivity contribution in [2.24, 2.45) is 0 Å². The molecule has 1 heterocycles. The summed E-state index contributed by atoms with van der Waals surface area (Å²) >= 11 is 7.42. The molecule has 1 aromatic carbocycles. The fourth-order valence-electron chi connectivity index (χ4n) is 1.74. The Balaban J connectivity index is 2.28. The van der Waals surface area contributed by atoms with Crippen molar-refractivity contribution < 1.29 is 4.79 Å². The quantitative estimate of drug-likeness (QED) is 0.907. The van der Waals surface area contributed by atoms with Crippen LogP contribution in [-0.4, -0.2) is 22.1 Å². The van der Waals surface area contributed by atoms with Gasteiger partial charge in [-0.25, -0.2) is 4.98 Å². The number of aromatic amines is 1. The van der Waals surface area contributed by atoms with Crippen LogP contribution in [0.15, 0.2) is 29.1 Å². The predicted molar refractivity (Wildman–Crippen MR) is 86.2 cm³/mol. The average molecular weight is 324 g/mol. The fourth-order valence-corrected chi connectivity index (χ4v) is 2.33. The minimum atomic E-state index is -0.436. The number of rotatable bonds is 4. The average Bonchev–Trinajstić information content (AvgIpc) is 2.42. The highest BCUT2D eigenvalue weighted by Gasteiger charge is 2.12. The molecule has 0 fully saturated rings. The van der Waals surface area contributed by atoms with Crippen LogP contribution in [0, 0.1) is 6.92 Å². The molecule has 0 spiro atoms. The summed E-state index contributed by atoms with van der Waals surface area (Å²) in [4.78, 5) is 30.5. The standard InChI is InChI=1S/C14H14ClN3O2S/c1-8-3-4-9(15)5-10(8)17-14(20)11-6-13(19)18-12(16-11)7-21-2/h3-6H,7H2,1-2H3,(H,17,20)(H,16,18,19). The van der Waals surface area contributed by atoms with Crippen molar-refractivity contribution >= 4 is 35.0 Å². The third-order valence-electron chi connectivity index (χ3n) is 2.75. The maximum absolute atomic E-state index is 12.2. The molecule has 7 heteroatoms. The van der Waals surface area contributed by atoms with E-state index in [1.165, 1.54) is 17.8 Å². The van der Waals surface area contributed by atoms with Crippen molar-refractivity contribution in [3.05, 3.63) is 56.7 Å². The van der Waals surface area contributed by atoms with E-state index in [0.29, 0.717) is 22.3 Å². The summed E-state index contributed by atoms with van der Waals surface area (Å²) in [5, 5.41) is 3.24. The highest BCUT2D eigenvalue weighted by molar-refractivity contribution is 7.97. The molecule has 0 saturated carbocycles. The van der Waals surface area contributed by atoms with Gasteiger partial charge in [0.2, 0.25) is 0 Å². The molecule has 0 aliphatic heterocycles. The lowest BCUT2D eigenvalue weighted by Crippen LogP contribution is -2.20. The molecule has 5 nitrogen and oxygen atoms in total. The zero-order valence-electron chi connectivity index (χ0n) is 11.6. The molecular formula is C14H14ClN3O2S. The number of aromatic nitrogens is 2. The van der Waals surface area contributed by atoms with Crippen LogP contribution in [-0.2, 0) is 5.75 Å². The molecule has 0 saturated heterocycles. The van der Waals surface area contributed by atoms with E-state index in [1.807, 2.05) is 19.2 Å². The molecule has 0 bridgehead atoms. The molecule has 110 valence electrons. The largest absolute Gasteiger partial charge is 0.320 e. The molecule has 0 radical (unpaired) electrons. The zero-order valence-corrected chi connectivity index (χ0v) is 13.1. The van der Waals surface area contributed by atoms with Crippen LogP contribution in [0.3, 0.4) is 0 Å². The molecule has 2 aromatic rings. The van der Waals surface area contributed by atoms with Gasteiger partial charge in [-0.05, 0) is 30.9 Å². The van der Waals surface area contributed by atoms with Gasteiger partial charge >= 0.3 is 0 Å². The van der Waals surface area contributed by atoms with E-state index < -0.39 is 5.91 Å². The fraction of sp³-hybridized carbons (Fsp3) is 0.214. The first-order chi connectivity index (χ1) is 9.99. The van der Waals surface area contributed by atoms with Crippen molar-refractivity contribution in [3.8, 4) is 0 Å². The summed E-state index contributed by atoms with van der Waals surface area (Å²) in [5.41, 5.74) is 1.21. The molecule has 1 aromatic heterocycles. The van der Waals surface area contributed by atoms with Crippen LogP contribution in [0.2, 0.25) is 5.02 Å². The molecule has 21 heavy (non-hydrogen) atoms. The van der Waals surface area contributed by atoms with Gasteiger partial charge in [-0.2, -0.15) is 11.8 Å². The number of anilines is 1. The van der Waals surface area contributed by atoms with E-state index in [4.69, 9.17) is 11.6 Å². The number of carbonyl (C=O) groups is 1. The van der Waals surface area contributed by atoms with Gasteiger partial charge in [-0.15, -0.1) is 0 Å². The second kappa shape index (κ2) is 6.78. The Bertz CT molecular complexity index is 730. The number of thioether (sulfide) groups is 1. The van der Waals surface area contributed by atoms with E-state index in [2.05, 4.69) is 15.3 Å². The SMILES string of the molecule is CSCc1nc(C(=O)Nc2cc(Cl)ccc2C)cc(=O)[nH]1. The summed E-state index contributed by atoms with van der Waals surface area (Å²) in [6.45, 7) is 1.86. The third kappa shape index (κ3) is 4.09. The Kier molecular flexibility index (Phi) is 5.03. The Morgan fingerprint density at radius 1 is 1.43 bits per heavy atom. The van der Waals surface area contributed by atoms with E-state index in [0.717, 1.165) is 5.56 Å². The Hall–Kier alpha value is -1.79. The first-order valence-electron chi connectivity index (χ1n) is 6.16. The smallest absolute Gasteiger partial charge is 0.274 e. The molecule has 0 unspecified atom stereocenters. The van der Waals surface area contributed by atoms with Gasteiger partial charge in [0.15, 0.2) is 0 Å². The van der Waals surface area contributed by atoms with E-state index >= 15 is 0 Å². The predicted octanol–water partition coefficient (Wildman–Crippen LogP) is 2.85. The molecule has 2 rings (SSSR count). The number of hydrogen-bond acceptors (Lipinski definition) is 4. The molecule has 0 atom stereocenters. The highest BCUT2D eigenvalue weighted by atomic mass is 35.5. The number of amides is 1. The van der Waals surface area contributed by atoms with Gasteiger partial charge in [0.1, 0.15) is 11.5 Å². The van der Waals surface area contributed by atoms with Crippen LogP contribution in [0.1, 0.15) is 21.9 Å². The van der Waals surface area contributed by atoms with Crippen LogP contribution < -0.4 is 10.9 Å². The summed E-state index contributed by atoms with van der Waals surface area (Å²) in [6.07, 6.45) is 1.89. The van der Waals surface area contributed by atoms with Crippen molar-refractivity contribution in [2.75, 3.05) is 11.6 Å². The number of nitrogens with zero attached hydrogens (tertiary/aromatic N) is 1. The molecule has 2 N–H and O–H groups in total. The second-order valence-corrected chi connectivity index (χ2v) is 5.73. The summed E-state index contributed by atoms with van der Waals surface area (Å²) in [7, 11) is 0. The normalized spacial score (nSPS) is 10.4. The number of hydrogen-bond donors (Lipinski definition) is 2.